The fourth-order valence-electron chi connectivity index (χ4n) is 3.29. The quantitative estimate of drug-likeness (QED) is 0.303. The highest BCUT2D eigenvalue weighted by molar-refractivity contribution is 7.99. The van der Waals surface area contributed by atoms with Gasteiger partial charge in [0, 0.05) is 22.3 Å². The summed E-state index contributed by atoms with van der Waals surface area (Å²) in [5, 5.41) is 5.78. The van der Waals surface area contributed by atoms with Gasteiger partial charge in [0.15, 0.2) is 17.6 Å². The lowest BCUT2D eigenvalue weighted by molar-refractivity contribution is -0.123. The smallest absolute Gasteiger partial charge is 0.341 e. The molecule has 0 spiro atoms. The fraction of sp³-hybridized carbons (Fsp3) is 0.200. The van der Waals surface area contributed by atoms with E-state index in [1.807, 2.05) is 0 Å². The van der Waals surface area contributed by atoms with E-state index in [0.29, 0.717) is 58.4 Å². The predicted octanol–water partition coefficient (Wildman–Crippen LogP) is 5.70. The van der Waals surface area contributed by atoms with Gasteiger partial charge in [-0.25, -0.2) is 4.79 Å². The number of nitrogens with one attached hydrogen (secondary N) is 2. The second kappa shape index (κ2) is 11.1. The van der Waals surface area contributed by atoms with Crippen LogP contribution in [0.3, 0.4) is 0 Å². The van der Waals surface area contributed by atoms with Crippen LogP contribution >= 0.6 is 11.8 Å². The third-order valence-corrected chi connectivity index (χ3v) is 5.69. The molecule has 1 aliphatic heterocycles. The first-order chi connectivity index (χ1) is 16.9. The molecule has 10 heteroatoms. The van der Waals surface area contributed by atoms with Crippen molar-refractivity contribution in [3.63, 3.8) is 0 Å². The molecule has 182 valence electrons. The van der Waals surface area contributed by atoms with E-state index in [1.165, 1.54) is 6.92 Å². The van der Waals surface area contributed by atoms with Gasteiger partial charge in [0.1, 0.15) is 13.2 Å². The molecule has 1 heterocycles. The maximum absolute atomic E-state index is 12.8. The Hall–Kier alpha value is -3.79. The Bertz CT molecular complexity index is 1210. The number of ether oxygens (including phenoxy) is 3. The van der Waals surface area contributed by atoms with E-state index >= 15 is 0 Å². The van der Waals surface area contributed by atoms with Gasteiger partial charge in [-0.1, -0.05) is 23.9 Å². The molecule has 35 heavy (non-hydrogen) atoms. The highest BCUT2D eigenvalue weighted by atomic mass is 32.2. The number of para-hydroxylation sites is 1. The molecule has 3 aromatic carbocycles. The number of anilines is 3. The van der Waals surface area contributed by atoms with Crippen molar-refractivity contribution in [2.24, 2.45) is 0 Å². The van der Waals surface area contributed by atoms with E-state index in [4.69, 9.17) is 14.2 Å². The van der Waals surface area contributed by atoms with Gasteiger partial charge in [-0.3, -0.25) is 4.79 Å². The van der Waals surface area contributed by atoms with E-state index in [1.54, 1.807) is 66.7 Å². The molecule has 0 saturated carbocycles. The van der Waals surface area contributed by atoms with E-state index < -0.39 is 23.7 Å². The number of halogens is 2. The molecule has 2 N–H and O–H groups in total. The van der Waals surface area contributed by atoms with Crippen LogP contribution < -0.4 is 20.1 Å². The number of rotatable bonds is 8. The summed E-state index contributed by atoms with van der Waals surface area (Å²) in [6.07, 6.45) is -1.07. The largest absolute Gasteiger partial charge is 0.486 e. The van der Waals surface area contributed by atoms with Crippen molar-refractivity contribution in [3.05, 3.63) is 72.3 Å². The molecule has 0 aliphatic carbocycles. The molecule has 4 rings (SSSR count). The van der Waals surface area contributed by atoms with E-state index in [2.05, 4.69) is 10.6 Å². The molecular weight excluding hydrogens is 478 g/mol. The average Bonchev–Trinajstić information content (AvgIpc) is 2.85. The summed E-state index contributed by atoms with van der Waals surface area (Å²) in [5.74, 6) is -2.58. The molecule has 1 aliphatic rings. The number of carbonyl (C=O) groups is 2. The normalized spacial score (nSPS) is 13.1. The van der Waals surface area contributed by atoms with Gasteiger partial charge in [0.25, 0.3) is 11.7 Å². The minimum absolute atomic E-state index is 0.220. The van der Waals surface area contributed by atoms with Crippen molar-refractivity contribution in [1.82, 2.24) is 0 Å². The fourth-order valence-corrected chi connectivity index (χ4v) is 3.79. The monoisotopic (exact) mass is 500 g/mol. The molecule has 3 aromatic rings. The molecule has 0 unspecified atom stereocenters. The maximum Gasteiger partial charge on any atom is 0.341 e. The van der Waals surface area contributed by atoms with Gasteiger partial charge in [0.05, 0.1) is 11.3 Å². The van der Waals surface area contributed by atoms with Gasteiger partial charge in [0.2, 0.25) is 0 Å². The average molecular weight is 501 g/mol. The summed E-state index contributed by atoms with van der Waals surface area (Å²) < 4.78 is 41.4. The van der Waals surface area contributed by atoms with Crippen LogP contribution in [0.5, 0.6) is 11.5 Å². The molecule has 7 nitrogen and oxygen atoms in total. The third kappa shape index (κ3) is 6.42. The molecule has 0 aromatic heterocycles. The molecular formula is C25H22F2N2O5S. The Kier molecular flexibility index (Phi) is 7.71. The second-order valence-electron chi connectivity index (χ2n) is 7.47. The van der Waals surface area contributed by atoms with Crippen LogP contribution in [-0.4, -0.2) is 37.0 Å². The predicted molar refractivity (Wildman–Crippen MR) is 129 cm³/mol. The van der Waals surface area contributed by atoms with Crippen LogP contribution in [0.25, 0.3) is 0 Å². The zero-order chi connectivity index (χ0) is 24.8. The number of benzene rings is 3. The lowest BCUT2D eigenvalue weighted by Crippen LogP contribution is -2.30. The molecule has 1 atom stereocenters. The Morgan fingerprint density at radius 3 is 2.37 bits per heavy atom. The van der Waals surface area contributed by atoms with Crippen molar-refractivity contribution in [2.45, 2.75) is 23.7 Å². The molecule has 1 amide bonds. The summed E-state index contributed by atoms with van der Waals surface area (Å²) in [5.41, 5.74) is 1.76. The van der Waals surface area contributed by atoms with Gasteiger partial charge in [-0.15, -0.1) is 0 Å². The number of thioether (sulfide) groups is 1. The minimum atomic E-state index is -2.50. The minimum Gasteiger partial charge on any atom is -0.486 e. The standard InChI is InChI=1S/C25H22F2N2O5S/c1-15(23(30)29-17-8-11-21-22(14-17)33-13-12-32-21)34-24(31)19-4-2-3-5-20(19)28-16-6-9-18(10-7-16)35-25(26)27/h2-11,14-15,25,28H,12-13H2,1H3,(H,29,30)/t15-/m1/s1. The van der Waals surface area contributed by atoms with Gasteiger partial charge in [-0.2, -0.15) is 8.78 Å². The van der Waals surface area contributed by atoms with Crippen molar-refractivity contribution in [1.29, 1.82) is 0 Å². The Labute approximate surface area is 204 Å². The Morgan fingerprint density at radius 2 is 1.63 bits per heavy atom. The van der Waals surface area contributed by atoms with Crippen LogP contribution in [0.1, 0.15) is 17.3 Å². The summed E-state index contributed by atoms with van der Waals surface area (Å²) in [6, 6.07) is 18.1. The van der Waals surface area contributed by atoms with Crippen LogP contribution in [-0.2, 0) is 9.53 Å². The van der Waals surface area contributed by atoms with Crippen molar-refractivity contribution < 1.29 is 32.6 Å². The first kappa shape index (κ1) is 24.3. The van der Waals surface area contributed by atoms with Crippen molar-refractivity contribution >= 4 is 40.7 Å². The Balaban J connectivity index is 1.39. The summed E-state index contributed by atoms with van der Waals surface area (Å²) in [6.45, 7) is 2.36. The highest BCUT2D eigenvalue weighted by Crippen LogP contribution is 2.33. The van der Waals surface area contributed by atoms with Crippen LogP contribution in [0.2, 0.25) is 0 Å². The molecule has 0 saturated heterocycles. The number of alkyl halides is 2. The first-order valence-electron chi connectivity index (χ1n) is 10.7. The van der Waals surface area contributed by atoms with E-state index in [9.17, 15) is 18.4 Å². The SMILES string of the molecule is C[C@@H](OC(=O)c1ccccc1Nc1ccc(SC(F)F)cc1)C(=O)Nc1ccc2c(c1)OCCO2. The maximum atomic E-state index is 12.8. The summed E-state index contributed by atoms with van der Waals surface area (Å²) in [4.78, 5) is 25.9. The molecule has 0 bridgehead atoms. The molecule has 0 fully saturated rings. The number of amides is 1. The number of hydrogen-bond donors (Lipinski definition) is 2. The molecule has 0 radical (unpaired) electrons. The van der Waals surface area contributed by atoms with Gasteiger partial charge >= 0.3 is 5.97 Å². The number of hydrogen-bond acceptors (Lipinski definition) is 7. The van der Waals surface area contributed by atoms with E-state index in [-0.39, 0.29) is 5.56 Å². The zero-order valence-electron chi connectivity index (χ0n) is 18.6. The van der Waals surface area contributed by atoms with Gasteiger partial charge < -0.3 is 24.8 Å². The summed E-state index contributed by atoms with van der Waals surface area (Å²) in [7, 11) is 0. The Morgan fingerprint density at radius 1 is 0.943 bits per heavy atom. The number of esters is 1. The van der Waals surface area contributed by atoms with E-state index in [0.717, 1.165) is 0 Å². The number of fused-ring (bicyclic) bond motifs is 1. The lowest BCUT2D eigenvalue weighted by atomic mass is 10.1. The lowest BCUT2D eigenvalue weighted by Gasteiger charge is -2.19. The van der Waals surface area contributed by atoms with Crippen LogP contribution in [0.4, 0.5) is 25.8 Å². The third-order valence-electron chi connectivity index (χ3n) is 4.97. The summed E-state index contributed by atoms with van der Waals surface area (Å²) >= 11 is 0.452. The second-order valence-corrected chi connectivity index (χ2v) is 8.53. The first-order valence-corrected chi connectivity index (χ1v) is 11.6. The zero-order valence-corrected chi connectivity index (χ0v) is 19.4. The highest BCUT2D eigenvalue weighted by Gasteiger charge is 2.22. The topological polar surface area (TPSA) is 85.9 Å². The van der Waals surface area contributed by atoms with Crippen molar-refractivity contribution in [2.75, 3.05) is 23.8 Å². The van der Waals surface area contributed by atoms with Crippen LogP contribution in [0, 0.1) is 0 Å². The van der Waals surface area contributed by atoms with Crippen molar-refractivity contribution in [3.8, 4) is 11.5 Å². The van der Waals surface area contributed by atoms with Crippen LogP contribution in [0.15, 0.2) is 71.6 Å². The number of carbonyl (C=O) groups excluding carboxylic acids is 2. The van der Waals surface area contributed by atoms with Gasteiger partial charge in [-0.05, 0) is 55.5 Å².